The molecule has 0 aliphatic carbocycles. The normalized spacial score (nSPS) is 14.0. The molecular formula is C49H29N3O2. The second-order valence-electron chi connectivity index (χ2n) is 12.9. The number of rotatable bonds is 5. The van der Waals surface area contributed by atoms with E-state index >= 15 is 0 Å². The van der Waals surface area contributed by atoms with Gasteiger partial charge in [-0.25, -0.2) is 15.0 Å². The first-order chi connectivity index (χ1) is 30.5. The molecule has 0 bridgehead atoms. The molecule has 0 amide bonds. The number of benzene rings is 8. The maximum atomic E-state index is 9.03. The van der Waals surface area contributed by atoms with Crippen LogP contribution in [0.3, 0.4) is 0 Å². The molecule has 5 nitrogen and oxygen atoms in total. The smallest absolute Gasteiger partial charge is 0.164 e. The van der Waals surface area contributed by atoms with E-state index in [9.17, 15) is 0 Å². The summed E-state index contributed by atoms with van der Waals surface area (Å²) in [5.74, 6) is 1.23. The van der Waals surface area contributed by atoms with Crippen LogP contribution in [0.2, 0.25) is 0 Å². The number of fused-ring (bicyclic) bond motifs is 8. The van der Waals surface area contributed by atoms with E-state index in [0.717, 1.165) is 33.0 Å². The number of hydrogen-bond acceptors (Lipinski definition) is 5. The highest BCUT2D eigenvalue weighted by Crippen LogP contribution is 2.40. The van der Waals surface area contributed by atoms with Gasteiger partial charge in [0.15, 0.2) is 17.5 Å². The van der Waals surface area contributed by atoms with Crippen LogP contribution in [0.25, 0.3) is 111 Å². The molecule has 0 spiro atoms. The fourth-order valence-corrected chi connectivity index (χ4v) is 7.10. The van der Waals surface area contributed by atoms with Crippen molar-refractivity contribution < 1.29 is 21.2 Å². The van der Waals surface area contributed by atoms with Gasteiger partial charge in [-0.2, -0.15) is 0 Å². The van der Waals surface area contributed by atoms with Crippen LogP contribution in [0.5, 0.6) is 0 Å². The molecule has 0 saturated carbocycles. The second kappa shape index (κ2) is 12.1. The van der Waals surface area contributed by atoms with Crippen LogP contribution in [-0.2, 0) is 0 Å². The molecule has 3 aromatic heterocycles. The Kier molecular flexibility index (Phi) is 5.06. The zero-order valence-electron chi connectivity index (χ0n) is 37.2. The van der Waals surface area contributed by atoms with Crippen LogP contribution in [0.1, 0.15) is 12.3 Å². The van der Waals surface area contributed by atoms with Gasteiger partial charge in [-0.3, -0.25) is 0 Å². The van der Waals surface area contributed by atoms with Crippen molar-refractivity contribution in [3.63, 3.8) is 0 Å². The Bertz CT molecular complexity index is 3720. The van der Waals surface area contributed by atoms with Gasteiger partial charge in [-0.1, -0.05) is 151 Å². The Labute approximate surface area is 322 Å². The summed E-state index contributed by atoms with van der Waals surface area (Å²) in [5.41, 5.74) is 6.15. The molecule has 252 valence electrons. The van der Waals surface area contributed by atoms with Gasteiger partial charge in [0.2, 0.25) is 0 Å². The molecule has 0 fully saturated rings. The minimum absolute atomic E-state index is 0.00483. The fourth-order valence-electron chi connectivity index (χ4n) is 7.10. The lowest BCUT2D eigenvalue weighted by Crippen LogP contribution is -2.00. The van der Waals surface area contributed by atoms with Gasteiger partial charge < -0.3 is 8.83 Å². The van der Waals surface area contributed by atoms with Crippen LogP contribution in [0, 0.1) is 0 Å². The lowest BCUT2D eigenvalue weighted by Gasteiger charge is -2.09. The molecule has 3 heterocycles. The van der Waals surface area contributed by atoms with Crippen molar-refractivity contribution in [2.75, 3.05) is 0 Å². The van der Waals surface area contributed by atoms with Crippen LogP contribution in [0.4, 0.5) is 0 Å². The van der Waals surface area contributed by atoms with Crippen molar-refractivity contribution >= 4 is 54.6 Å². The molecule has 0 N–H and O–H groups in total. The summed E-state index contributed by atoms with van der Waals surface area (Å²) in [6.07, 6.45) is 0. The molecule has 0 aliphatic heterocycles. The zero-order valence-corrected chi connectivity index (χ0v) is 28.2. The monoisotopic (exact) mass is 700 g/mol. The fraction of sp³-hybridized carbons (Fsp3) is 0. The topological polar surface area (TPSA) is 65.0 Å². The van der Waals surface area contributed by atoms with Crippen LogP contribution < -0.4 is 0 Å². The Morgan fingerprint density at radius 2 is 1.02 bits per heavy atom. The first-order valence-corrected chi connectivity index (χ1v) is 17.3. The van der Waals surface area contributed by atoms with Crippen molar-refractivity contribution in [2.24, 2.45) is 0 Å². The molecule has 0 saturated heterocycles. The number of nitrogens with zero attached hydrogens (tertiary/aromatic N) is 3. The van der Waals surface area contributed by atoms with E-state index < -0.39 is 48.3 Å². The van der Waals surface area contributed by atoms with Crippen LogP contribution >= 0.6 is 0 Å². The minimum atomic E-state index is -0.550. The summed E-state index contributed by atoms with van der Waals surface area (Å²) in [7, 11) is 0. The number of hydrogen-bond donors (Lipinski definition) is 0. The SMILES string of the molecule is [2H]c1c([2H])c([2H])c2c(oc3c4c([2H])c([2H])c([2H])c([2H])c4c([2H])c([2H])c32)c1-c1ccc(-c2nc(-c3ccccc3)nc(-c3ccc4c(c3)oc3cccc(-c5ccccc5)c34)n2)cc1. The average Bonchev–Trinajstić information content (AvgIpc) is 3.90. The summed E-state index contributed by atoms with van der Waals surface area (Å²) in [6.45, 7) is 0. The van der Waals surface area contributed by atoms with Crippen molar-refractivity contribution in [1.29, 1.82) is 0 Å². The molecule has 0 aliphatic rings. The van der Waals surface area contributed by atoms with E-state index in [1.54, 1.807) is 24.3 Å². The maximum absolute atomic E-state index is 9.03. The third-order valence-corrected chi connectivity index (χ3v) is 9.68. The van der Waals surface area contributed by atoms with E-state index in [1.165, 1.54) is 0 Å². The van der Waals surface area contributed by atoms with E-state index in [4.69, 9.17) is 36.1 Å². The Morgan fingerprint density at radius 1 is 0.389 bits per heavy atom. The highest BCUT2D eigenvalue weighted by atomic mass is 16.3. The molecule has 0 atom stereocenters. The van der Waals surface area contributed by atoms with Gasteiger partial charge in [0, 0.05) is 49.2 Å². The average molecular weight is 701 g/mol. The van der Waals surface area contributed by atoms with Crippen LogP contribution in [-0.4, -0.2) is 15.0 Å². The lowest BCUT2D eigenvalue weighted by molar-refractivity contribution is 0.669. The molecule has 0 radical (unpaired) electrons. The van der Waals surface area contributed by atoms with Gasteiger partial charge in [0.25, 0.3) is 0 Å². The predicted molar refractivity (Wildman–Crippen MR) is 219 cm³/mol. The molecule has 11 rings (SSSR count). The highest BCUT2D eigenvalue weighted by molar-refractivity contribution is 6.17. The maximum Gasteiger partial charge on any atom is 0.164 e. The van der Waals surface area contributed by atoms with Crippen molar-refractivity contribution in [3.8, 4) is 56.4 Å². The largest absolute Gasteiger partial charge is 0.456 e. The van der Waals surface area contributed by atoms with E-state index in [0.29, 0.717) is 39.7 Å². The Morgan fingerprint density at radius 3 is 1.81 bits per heavy atom. The predicted octanol–water partition coefficient (Wildman–Crippen LogP) is 13.2. The Balaban J connectivity index is 1.06. The van der Waals surface area contributed by atoms with Crippen molar-refractivity contribution in [2.45, 2.75) is 0 Å². The summed E-state index contributed by atoms with van der Waals surface area (Å²) in [5, 5.41) is 1.65. The van der Waals surface area contributed by atoms with Gasteiger partial charge in [-0.15, -0.1) is 0 Å². The van der Waals surface area contributed by atoms with Gasteiger partial charge >= 0.3 is 0 Å². The summed E-state index contributed by atoms with van der Waals surface area (Å²) < 4.78 is 90.9. The standard InChI is InChI=1S/C49H29N3O2/c1-3-11-30(12-4-1)36-17-10-20-42-44(36)41-28-26-35(29-43(41)53-42)49-51-47(33-14-5-2-6-15-33)50-48(52-49)34-23-21-32(22-24-34)38-18-9-19-39-40-27-25-31-13-7-8-16-37(31)46(40)54-45(38)39/h1-29H/i7D,8D,9D,13D,16D,18D,19D,25D,27D. The molecule has 11 aromatic rings. The van der Waals surface area contributed by atoms with Gasteiger partial charge in [-0.05, 0) is 46.3 Å². The van der Waals surface area contributed by atoms with E-state index in [2.05, 4.69) is 18.2 Å². The summed E-state index contributed by atoms with van der Waals surface area (Å²) in [6, 6.07) is 34.6. The number of furan rings is 2. The first-order valence-electron chi connectivity index (χ1n) is 21.8. The summed E-state index contributed by atoms with van der Waals surface area (Å²) in [4.78, 5) is 14.8. The van der Waals surface area contributed by atoms with E-state index in [-0.39, 0.29) is 44.3 Å². The Hall–Kier alpha value is -7.37. The number of aromatic nitrogens is 3. The third-order valence-electron chi connectivity index (χ3n) is 9.68. The third kappa shape index (κ3) is 4.90. The molecule has 5 heteroatoms. The lowest BCUT2D eigenvalue weighted by atomic mass is 9.99. The highest BCUT2D eigenvalue weighted by Gasteiger charge is 2.18. The quantitative estimate of drug-likeness (QED) is 0.179. The molecule has 54 heavy (non-hydrogen) atoms. The first kappa shape index (κ1) is 22.5. The van der Waals surface area contributed by atoms with Gasteiger partial charge in [0.05, 0.1) is 12.3 Å². The minimum Gasteiger partial charge on any atom is -0.456 e. The second-order valence-corrected chi connectivity index (χ2v) is 12.9. The van der Waals surface area contributed by atoms with Crippen molar-refractivity contribution in [1.82, 2.24) is 15.0 Å². The summed E-state index contributed by atoms with van der Waals surface area (Å²) >= 11 is 0. The van der Waals surface area contributed by atoms with Crippen LogP contribution in [0.15, 0.2) is 185 Å². The van der Waals surface area contributed by atoms with Crippen molar-refractivity contribution in [3.05, 3.63) is 176 Å². The molecule has 8 aromatic carbocycles. The van der Waals surface area contributed by atoms with E-state index in [1.807, 2.05) is 78.9 Å². The van der Waals surface area contributed by atoms with Gasteiger partial charge in [0.1, 0.15) is 22.3 Å². The number of para-hydroxylation sites is 1. The molecular weight excluding hydrogens is 663 g/mol. The molecule has 0 unspecified atom stereocenters. The zero-order chi connectivity index (χ0) is 43.4.